The van der Waals surface area contributed by atoms with E-state index in [4.69, 9.17) is 0 Å². The summed E-state index contributed by atoms with van der Waals surface area (Å²) in [6, 6.07) is 14.7. The zero-order valence-corrected chi connectivity index (χ0v) is 13.2. The SMILES string of the molecule is N#CC1(C#N)[C@H](Br)c2ccccc2[C@H](Br)C1(C#N)C#N. The van der Waals surface area contributed by atoms with Crippen LogP contribution in [0, 0.1) is 56.2 Å². The molecule has 1 aromatic carbocycles. The van der Waals surface area contributed by atoms with Gasteiger partial charge >= 0.3 is 0 Å². The monoisotopic (exact) mass is 388 g/mol. The normalized spacial score (nSPS) is 25.1. The summed E-state index contributed by atoms with van der Waals surface area (Å²) in [6.45, 7) is 0. The molecule has 1 aromatic rings. The number of halogens is 2. The Kier molecular flexibility index (Phi) is 3.58. The summed E-state index contributed by atoms with van der Waals surface area (Å²) in [4.78, 5) is -1.43. The highest BCUT2D eigenvalue weighted by Gasteiger charge is 2.66. The van der Waals surface area contributed by atoms with Gasteiger partial charge in [-0.25, -0.2) is 0 Å². The molecule has 6 heteroatoms. The molecule has 0 unspecified atom stereocenters. The molecule has 1 aliphatic rings. The average molecular weight is 390 g/mol. The van der Waals surface area contributed by atoms with Gasteiger partial charge in [-0.2, -0.15) is 21.0 Å². The van der Waals surface area contributed by atoms with Crippen LogP contribution in [0.25, 0.3) is 0 Å². The van der Waals surface area contributed by atoms with Gasteiger partial charge in [0.2, 0.25) is 0 Å². The van der Waals surface area contributed by atoms with Gasteiger partial charge in [-0.1, -0.05) is 56.1 Å². The van der Waals surface area contributed by atoms with Crippen LogP contribution in [0.3, 0.4) is 0 Å². The molecule has 0 spiro atoms. The van der Waals surface area contributed by atoms with E-state index in [2.05, 4.69) is 31.9 Å². The molecule has 4 nitrogen and oxygen atoms in total. The Balaban J connectivity index is 2.92. The maximum absolute atomic E-state index is 9.53. The lowest BCUT2D eigenvalue weighted by Crippen LogP contribution is -2.47. The van der Waals surface area contributed by atoms with Gasteiger partial charge in [0.1, 0.15) is 0 Å². The van der Waals surface area contributed by atoms with Crippen LogP contribution in [0.15, 0.2) is 24.3 Å². The molecular formula is C14H6Br2N4. The van der Waals surface area contributed by atoms with Crippen LogP contribution < -0.4 is 0 Å². The third-order valence-electron chi connectivity index (χ3n) is 3.63. The predicted molar refractivity (Wildman–Crippen MR) is 77.1 cm³/mol. The summed E-state index contributed by atoms with van der Waals surface area (Å²) in [5.41, 5.74) is -2.12. The van der Waals surface area contributed by atoms with Crippen LogP contribution in [0.1, 0.15) is 20.8 Å². The van der Waals surface area contributed by atoms with Gasteiger partial charge in [-0.05, 0) is 11.1 Å². The molecule has 0 aliphatic heterocycles. The van der Waals surface area contributed by atoms with Crippen LogP contribution in [-0.4, -0.2) is 0 Å². The molecule has 0 fully saturated rings. The van der Waals surface area contributed by atoms with Crippen LogP contribution >= 0.6 is 31.9 Å². The molecule has 0 N–H and O–H groups in total. The minimum absolute atomic E-state index is 0.714. The van der Waals surface area contributed by atoms with Crippen LogP contribution in [0.2, 0.25) is 0 Å². The van der Waals surface area contributed by atoms with Crippen molar-refractivity contribution in [2.24, 2.45) is 10.8 Å². The van der Waals surface area contributed by atoms with E-state index in [1.54, 1.807) is 24.3 Å². The van der Waals surface area contributed by atoms with E-state index in [1.165, 1.54) is 0 Å². The summed E-state index contributed by atoms with van der Waals surface area (Å²) in [6.07, 6.45) is 0. The van der Waals surface area contributed by atoms with Gasteiger partial charge in [-0.15, -0.1) is 0 Å². The molecule has 0 amide bonds. The van der Waals surface area contributed by atoms with Crippen molar-refractivity contribution in [1.29, 1.82) is 21.0 Å². The summed E-state index contributed by atoms with van der Waals surface area (Å²) < 4.78 is 0. The Morgan fingerprint density at radius 3 is 1.30 bits per heavy atom. The number of nitriles is 4. The highest BCUT2D eigenvalue weighted by molar-refractivity contribution is 9.09. The minimum atomic E-state index is -1.79. The first-order chi connectivity index (χ1) is 9.54. The second-order valence-corrected chi connectivity index (χ2v) is 6.25. The molecule has 0 saturated heterocycles. The molecule has 0 saturated carbocycles. The van der Waals surface area contributed by atoms with Crippen molar-refractivity contribution in [1.82, 2.24) is 0 Å². The van der Waals surface area contributed by atoms with Crippen LogP contribution in [0.5, 0.6) is 0 Å². The lowest BCUT2D eigenvalue weighted by atomic mass is 9.57. The van der Waals surface area contributed by atoms with Crippen molar-refractivity contribution < 1.29 is 0 Å². The predicted octanol–water partition coefficient (Wildman–Crippen LogP) is 3.64. The largest absolute Gasteiger partial charge is 0.196 e. The highest BCUT2D eigenvalue weighted by atomic mass is 79.9. The van der Waals surface area contributed by atoms with Gasteiger partial charge in [0.25, 0.3) is 0 Å². The maximum atomic E-state index is 9.53. The van der Waals surface area contributed by atoms with Crippen molar-refractivity contribution in [2.75, 3.05) is 0 Å². The summed E-state index contributed by atoms with van der Waals surface area (Å²) >= 11 is 6.70. The molecule has 2 rings (SSSR count). The molecule has 0 radical (unpaired) electrons. The standard InChI is InChI=1S/C14H6Br2N4/c15-11-9-3-1-2-4-10(9)12(16)14(7-19,8-20)13(11,5-17)6-18/h1-4,11-12H/t11-,12+. The average Bonchev–Trinajstić information content (AvgIpc) is 2.51. The number of fused-ring (bicyclic) bond motifs is 1. The first-order valence-electron chi connectivity index (χ1n) is 5.56. The van der Waals surface area contributed by atoms with E-state index in [0.29, 0.717) is 0 Å². The van der Waals surface area contributed by atoms with Crippen molar-refractivity contribution in [3.8, 4) is 24.3 Å². The number of nitrogens with zero attached hydrogens (tertiary/aromatic N) is 4. The molecule has 1 aliphatic carbocycles. The number of hydrogen-bond acceptors (Lipinski definition) is 4. The molecule has 2 atom stereocenters. The van der Waals surface area contributed by atoms with Gasteiger partial charge < -0.3 is 0 Å². The van der Waals surface area contributed by atoms with Crippen molar-refractivity contribution in [2.45, 2.75) is 9.65 Å². The summed E-state index contributed by atoms with van der Waals surface area (Å²) in [5, 5.41) is 38.1. The minimum Gasteiger partial charge on any atom is -0.196 e. The van der Waals surface area contributed by atoms with Gasteiger partial charge in [0.05, 0.1) is 33.9 Å². The van der Waals surface area contributed by atoms with Gasteiger partial charge in [0, 0.05) is 0 Å². The van der Waals surface area contributed by atoms with Crippen LogP contribution in [-0.2, 0) is 0 Å². The zero-order valence-electron chi connectivity index (χ0n) is 10.0. The first kappa shape index (κ1) is 14.5. The van der Waals surface area contributed by atoms with E-state index >= 15 is 0 Å². The number of alkyl halides is 2. The fourth-order valence-electron chi connectivity index (χ4n) is 2.47. The second kappa shape index (κ2) is 4.92. The van der Waals surface area contributed by atoms with E-state index in [1.807, 2.05) is 24.3 Å². The molecule has 0 bridgehead atoms. The number of benzene rings is 1. The van der Waals surface area contributed by atoms with Crippen molar-refractivity contribution in [3.05, 3.63) is 35.4 Å². The first-order valence-corrected chi connectivity index (χ1v) is 7.39. The Hall–Kier alpha value is -1.86. The van der Waals surface area contributed by atoms with E-state index in [0.717, 1.165) is 11.1 Å². The van der Waals surface area contributed by atoms with Crippen molar-refractivity contribution >= 4 is 31.9 Å². The quantitative estimate of drug-likeness (QED) is 0.632. The highest BCUT2D eigenvalue weighted by Crippen LogP contribution is 2.64. The number of hydrogen-bond donors (Lipinski definition) is 0. The van der Waals surface area contributed by atoms with E-state index in [9.17, 15) is 21.0 Å². The zero-order chi connectivity index (χ0) is 15.0. The topological polar surface area (TPSA) is 95.2 Å². The number of rotatable bonds is 0. The Morgan fingerprint density at radius 1 is 0.750 bits per heavy atom. The Morgan fingerprint density at radius 2 is 1.05 bits per heavy atom. The third-order valence-corrected chi connectivity index (χ3v) is 5.99. The van der Waals surface area contributed by atoms with Gasteiger partial charge in [-0.3, -0.25) is 0 Å². The molecule has 96 valence electrons. The maximum Gasteiger partial charge on any atom is 0.193 e. The molecular weight excluding hydrogens is 384 g/mol. The third kappa shape index (κ3) is 1.47. The van der Waals surface area contributed by atoms with Crippen molar-refractivity contribution in [3.63, 3.8) is 0 Å². The summed E-state index contributed by atoms with van der Waals surface area (Å²) in [7, 11) is 0. The Labute approximate surface area is 133 Å². The second-order valence-electron chi connectivity index (χ2n) is 4.42. The molecule has 0 aromatic heterocycles. The van der Waals surface area contributed by atoms with Crippen LogP contribution in [0.4, 0.5) is 0 Å². The molecule has 20 heavy (non-hydrogen) atoms. The van der Waals surface area contributed by atoms with E-state index < -0.39 is 20.5 Å². The lowest BCUT2D eigenvalue weighted by Gasteiger charge is -2.43. The summed E-state index contributed by atoms with van der Waals surface area (Å²) in [5.74, 6) is 0. The fraction of sp³-hybridized carbons (Fsp3) is 0.286. The van der Waals surface area contributed by atoms with E-state index in [-0.39, 0.29) is 0 Å². The Bertz CT molecular complexity index is 638. The fourth-order valence-corrected chi connectivity index (χ4v) is 4.43. The lowest BCUT2D eigenvalue weighted by molar-refractivity contribution is 0.270. The molecule has 0 heterocycles. The smallest absolute Gasteiger partial charge is 0.193 e. The van der Waals surface area contributed by atoms with Gasteiger partial charge in [0.15, 0.2) is 10.8 Å².